The molecule has 0 aromatic carbocycles. The van der Waals surface area contributed by atoms with E-state index in [4.69, 9.17) is 4.74 Å². The molecule has 1 aliphatic heterocycles. The van der Waals surface area contributed by atoms with Gasteiger partial charge in [-0.25, -0.2) is 0 Å². The maximum Gasteiger partial charge on any atom is 0.313 e. The van der Waals surface area contributed by atoms with Crippen LogP contribution >= 0.6 is 0 Å². The second kappa shape index (κ2) is 4.22. The van der Waals surface area contributed by atoms with Crippen molar-refractivity contribution >= 4 is 11.9 Å². The molecule has 0 unspecified atom stereocenters. The summed E-state index contributed by atoms with van der Waals surface area (Å²) in [5, 5.41) is 2.95. The highest BCUT2D eigenvalue weighted by Gasteiger charge is 2.75. The number of ether oxygens (including phenoxy) is 1. The van der Waals surface area contributed by atoms with Crippen LogP contribution in [0, 0.1) is 16.7 Å². The van der Waals surface area contributed by atoms with E-state index in [0.29, 0.717) is 18.9 Å². The first kappa shape index (κ1) is 14.4. The summed E-state index contributed by atoms with van der Waals surface area (Å²) >= 11 is 0. The molecule has 4 nitrogen and oxygen atoms in total. The first-order valence-corrected chi connectivity index (χ1v) is 7.19. The number of amides is 1. The fraction of sp³-hybridized carbons (Fsp3) is 0.867. The first-order valence-electron chi connectivity index (χ1n) is 7.19. The number of hydrogen-bond acceptors (Lipinski definition) is 3. The third-order valence-electron chi connectivity index (χ3n) is 5.46. The van der Waals surface area contributed by atoms with Crippen molar-refractivity contribution in [2.75, 3.05) is 6.54 Å². The lowest BCUT2D eigenvalue weighted by Gasteiger charge is -2.35. The lowest BCUT2D eigenvalue weighted by atomic mass is 9.66. The lowest BCUT2D eigenvalue weighted by molar-refractivity contribution is -0.168. The van der Waals surface area contributed by atoms with Crippen molar-refractivity contribution in [2.45, 2.75) is 59.5 Å². The highest BCUT2D eigenvalue weighted by molar-refractivity contribution is 5.96. The van der Waals surface area contributed by atoms with Gasteiger partial charge in [-0.2, -0.15) is 0 Å². The number of rotatable bonds is 4. The Bertz CT molecular complexity index is 416. The number of carbonyl (C=O) groups excluding carboxylic acids is 2. The van der Waals surface area contributed by atoms with E-state index >= 15 is 0 Å². The van der Waals surface area contributed by atoms with Crippen LogP contribution in [0.25, 0.3) is 0 Å². The molecule has 2 aliphatic rings. The van der Waals surface area contributed by atoms with E-state index in [1.165, 1.54) is 0 Å². The van der Waals surface area contributed by atoms with Gasteiger partial charge in [0.25, 0.3) is 5.91 Å². The van der Waals surface area contributed by atoms with Crippen LogP contribution in [-0.4, -0.2) is 24.0 Å². The quantitative estimate of drug-likeness (QED) is 0.795. The zero-order chi connectivity index (χ0) is 14.5. The monoisotopic (exact) mass is 267 g/mol. The number of hydrogen-bond donors (Lipinski definition) is 1. The molecule has 1 saturated carbocycles. The predicted octanol–water partition coefficient (Wildman–Crippen LogP) is 2.27. The van der Waals surface area contributed by atoms with E-state index in [1.807, 2.05) is 20.8 Å². The molecule has 2 fully saturated rings. The Balaban J connectivity index is 2.15. The second-order valence-electron chi connectivity index (χ2n) is 7.11. The first-order chi connectivity index (χ1) is 8.67. The topological polar surface area (TPSA) is 55.4 Å². The Morgan fingerprint density at radius 2 is 1.95 bits per heavy atom. The maximum absolute atomic E-state index is 12.5. The standard InChI is InChI=1S/C15H25NO3/c1-10(2)6-9-16-11(17)15-8-7-14(5,12(18)19-15)13(15,3)4/h10H,6-9H2,1-5H3,(H,16,17)/t14-,15-/m1/s1. The van der Waals surface area contributed by atoms with Crippen molar-refractivity contribution < 1.29 is 14.3 Å². The molecule has 4 heteroatoms. The number of carbonyl (C=O) groups is 2. The van der Waals surface area contributed by atoms with E-state index in [-0.39, 0.29) is 11.9 Å². The molecule has 2 atom stereocenters. The molecule has 0 aromatic heterocycles. The molecule has 1 saturated heterocycles. The van der Waals surface area contributed by atoms with E-state index in [0.717, 1.165) is 12.8 Å². The van der Waals surface area contributed by atoms with Gasteiger partial charge >= 0.3 is 5.97 Å². The zero-order valence-corrected chi connectivity index (χ0v) is 12.6. The van der Waals surface area contributed by atoms with Gasteiger partial charge in [0.2, 0.25) is 0 Å². The molecular formula is C15H25NO3. The molecule has 0 aromatic rings. The number of fused-ring (bicyclic) bond motifs is 2. The maximum atomic E-state index is 12.5. The predicted molar refractivity (Wildman–Crippen MR) is 72.4 cm³/mol. The van der Waals surface area contributed by atoms with Crippen molar-refractivity contribution in [1.29, 1.82) is 0 Å². The van der Waals surface area contributed by atoms with Crippen molar-refractivity contribution in [1.82, 2.24) is 5.32 Å². The minimum atomic E-state index is -0.962. The Kier molecular flexibility index (Phi) is 3.19. The van der Waals surface area contributed by atoms with Crippen LogP contribution in [0.15, 0.2) is 0 Å². The fourth-order valence-electron chi connectivity index (χ4n) is 3.36. The Morgan fingerprint density at radius 3 is 2.37 bits per heavy atom. The Morgan fingerprint density at radius 1 is 1.32 bits per heavy atom. The van der Waals surface area contributed by atoms with E-state index < -0.39 is 16.4 Å². The van der Waals surface area contributed by atoms with E-state index in [9.17, 15) is 9.59 Å². The molecule has 2 rings (SSSR count). The second-order valence-corrected chi connectivity index (χ2v) is 7.11. The molecule has 19 heavy (non-hydrogen) atoms. The molecule has 0 radical (unpaired) electrons. The van der Waals surface area contributed by atoms with E-state index in [2.05, 4.69) is 19.2 Å². The van der Waals surface area contributed by atoms with Gasteiger partial charge in [-0.1, -0.05) is 27.7 Å². The molecule has 1 heterocycles. The molecule has 1 amide bonds. The van der Waals surface area contributed by atoms with Crippen LogP contribution in [0.2, 0.25) is 0 Å². The minimum Gasteiger partial charge on any atom is -0.448 e. The average molecular weight is 267 g/mol. The van der Waals surface area contributed by atoms with Crippen LogP contribution in [0.1, 0.15) is 53.9 Å². The third kappa shape index (κ3) is 1.72. The summed E-state index contributed by atoms with van der Waals surface area (Å²) in [5.74, 6) is 0.210. The molecule has 0 spiro atoms. The summed E-state index contributed by atoms with van der Waals surface area (Å²) < 4.78 is 5.53. The van der Waals surface area contributed by atoms with Gasteiger partial charge in [0, 0.05) is 12.0 Å². The van der Waals surface area contributed by atoms with Crippen LogP contribution in [0.3, 0.4) is 0 Å². The summed E-state index contributed by atoms with van der Waals surface area (Å²) in [6.07, 6.45) is 2.31. The number of esters is 1. The number of nitrogens with one attached hydrogen (secondary N) is 1. The summed E-state index contributed by atoms with van der Waals surface area (Å²) in [7, 11) is 0. The van der Waals surface area contributed by atoms with Crippen molar-refractivity contribution in [3.63, 3.8) is 0 Å². The van der Waals surface area contributed by atoms with Gasteiger partial charge in [0.1, 0.15) is 0 Å². The Labute approximate surface area is 115 Å². The zero-order valence-electron chi connectivity index (χ0n) is 12.6. The van der Waals surface area contributed by atoms with Crippen LogP contribution in [0.5, 0.6) is 0 Å². The van der Waals surface area contributed by atoms with Crippen molar-refractivity contribution in [2.24, 2.45) is 16.7 Å². The molecule has 2 bridgehead atoms. The van der Waals surface area contributed by atoms with Crippen LogP contribution in [-0.2, 0) is 14.3 Å². The third-order valence-corrected chi connectivity index (χ3v) is 5.46. The largest absolute Gasteiger partial charge is 0.448 e. The summed E-state index contributed by atoms with van der Waals surface area (Å²) in [6.45, 7) is 10.8. The van der Waals surface area contributed by atoms with Gasteiger partial charge in [-0.15, -0.1) is 0 Å². The van der Waals surface area contributed by atoms with Crippen LogP contribution < -0.4 is 5.32 Å². The average Bonchev–Trinajstić information content (AvgIpc) is 2.58. The van der Waals surface area contributed by atoms with Gasteiger partial charge in [0.15, 0.2) is 5.60 Å². The minimum absolute atomic E-state index is 0.118. The SMILES string of the molecule is CC(C)CCNC(=O)[C@@]12CC[C@](C)(C(=O)O1)C2(C)C. The molecule has 108 valence electrons. The van der Waals surface area contributed by atoms with Gasteiger partial charge < -0.3 is 10.1 Å². The normalized spacial score (nSPS) is 35.6. The van der Waals surface area contributed by atoms with E-state index in [1.54, 1.807) is 0 Å². The molecule has 1 aliphatic carbocycles. The van der Waals surface area contributed by atoms with Gasteiger partial charge in [0.05, 0.1) is 5.41 Å². The van der Waals surface area contributed by atoms with Crippen LogP contribution in [0.4, 0.5) is 0 Å². The Hall–Kier alpha value is -1.06. The smallest absolute Gasteiger partial charge is 0.313 e. The fourth-order valence-corrected chi connectivity index (χ4v) is 3.36. The lowest BCUT2D eigenvalue weighted by Crippen LogP contribution is -2.53. The highest BCUT2D eigenvalue weighted by Crippen LogP contribution is 2.65. The van der Waals surface area contributed by atoms with Gasteiger partial charge in [-0.05, 0) is 32.1 Å². The summed E-state index contributed by atoms with van der Waals surface area (Å²) in [6, 6.07) is 0. The molecule has 1 N–H and O–H groups in total. The highest BCUT2D eigenvalue weighted by atomic mass is 16.6. The van der Waals surface area contributed by atoms with Crippen molar-refractivity contribution in [3.8, 4) is 0 Å². The molecular weight excluding hydrogens is 242 g/mol. The summed E-state index contributed by atoms with van der Waals surface area (Å²) in [4.78, 5) is 24.6. The van der Waals surface area contributed by atoms with Gasteiger partial charge in [-0.3, -0.25) is 9.59 Å². The summed E-state index contributed by atoms with van der Waals surface area (Å²) in [5.41, 5.74) is -1.93. The van der Waals surface area contributed by atoms with Crippen molar-refractivity contribution in [3.05, 3.63) is 0 Å².